The molecule has 0 spiro atoms. The van der Waals surface area contributed by atoms with Gasteiger partial charge in [-0.05, 0) is 26.2 Å². The van der Waals surface area contributed by atoms with E-state index in [1.165, 1.54) is 6.07 Å². The van der Waals surface area contributed by atoms with Crippen molar-refractivity contribution in [3.8, 4) is 6.07 Å². The highest BCUT2D eigenvalue weighted by Gasteiger charge is 2.15. The van der Waals surface area contributed by atoms with Crippen molar-refractivity contribution in [1.82, 2.24) is 4.90 Å². The highest BCUT2D eigenvalue weighted by atomic mass is 35.5. The van der Waals surface area contributed by atoms with E-state index in [2.05, 4.69) is 6.07 Å². The van der Waals surface area contributed by atoms with Crippen molar-refractivity contribution in [3.63, 3.8) is 0 Å². The Balaban J connectivity index is 2.94. The molecule has 0 aliphatic carbocycles. The van der Waals surface area contributed by atoms with Crippen LogP contribution in [-0.4, -0.2) is 25.0 Å². The van der Waals surface area contributed by atoms with Crippen molar-refractivity contribution >= 4 is 11.6 Å². The van der Waals surface area contributed by atoms with Crippen molar-refractivity contribution in [2.45, 2.75) is 12.5 Å². The van der Waals surface area contributed by atoms with Gasteiger partial charge in [-0.25, -0.2) is 4.39 Å². The van der Waals surface area contributed by atoms with Crippen molar-refractivity contribution in [1.29, 1.82) is 5.26 Å². The van der Waals surface area contributed by atoms with E-state index in [4.69, 9.17) is 16.9 Å². The molecule has 0 fully saturated rings. The summed E-state index contributed by atoms with van der Waals surface area (Å²) >= 11 is 5.87. The van der Waals surface area contributed by atoms with Crippen molar-refractivity contribution in [3.05, 3.63) is 34.6 Å². The molecule has 80 valence electrons. The summed E-state index contributed by atoms with van der Waals surface area (Å²) in [6, 6.07) is 6.28. The Morgan fingerprint density at radius 1 is 1.53 bits per heavy atom. The van der Waals surface area contributed by atoms with Gasteiger partial charge in [0.15, 0.2) is 0 Å². The first kappa shape index (κ1) is 12.0. The van der Waals surface area contributed by atoms with Gasteiger partial charge in [-0.1, -0.05) is 17.7 Å². The van der Waals surface area contributed by atoms with Crippen LogP contribution in [0.1, 0.15) is 5.56 Å². The molecule has 0 aliphatic heterocycles. The topological polar surface area (TPSA) is 27.0 Å². The molecule has 1 atom stereocenters. The van der Waals surface area contributed by atoms with E-state index < -0.39 is 0 Å². The summed E-state index contributed by atoms with van der Waals surface area (Å²) in [4.78, 5) is 1.74. The number of likely N-dealkylation sites (N-methyl/N-ethyl adjacent to an activating group) is 1. The summed E-state index contributed by atoms with van der Waals surface area (Å²) in [6.07, 6.45) is 0.301. The van der Waals surface area contributed by atoms with Crippen LogP contribution in [0.5, 0.6) is 0 Å². The minimum atomic E-state index is -0.362. The van der Waals surface area contributed by atoms with Gasteiger partial charge in [0.05, 0.1) is 6.07 Å². The molecule has 15 heavy (non-hydrogen) atoms. The molecular weight excluding hydrogens is 215 g/mol. The Morgan fingerprint density at radius 3 is 2.67 bits per heavy atom. The zero-order chi connectivity index (χ0) is 11.4. The molecule has 1 unspecified atom stereocenters. The largest absolute Gasteiger partial charge is 0.294 e. The summed E-state index contributed by atoms with van der Waals surface area (Å²) in [5.74, 6) is -0.357. The van der Waals surface area contributed by atoms with Gasteiger partial charge in [-0.2, -0.15) is 5.26 Å². The number of benzene rings is 1. The maximum atomic E-state index is 13.4. The molecule has 2 nitrogen and oxygen atoms in total. The second-order valence-corrected chi connectivity index (χ2v) is 3.92. The lowest BCUT2D eigenvalue weighted by molar-refractivity contribution is 0.346. The van der Waals surface area contributed by atoms with Gasteiger partial charge in [-0.3, -0.25) is 4.90 Å². The Bertz CT molecular complexity index is 364. The van der Waals surface area contributed by atoms with Crippen molar-refractivity contribution in [2.75, 3.05) is 14.1 Å². The molecule has 0 heterocycles. The number of hydrogen-bond acceptors (Lipinski definition) is 2. The summed E-state index contributed by atoms with van der Waals surface area (Å²) in [7, 11) is 3.56. The third-order valence-electron chi connectivity index (χ3n) is 2.23. The van der Waals surface area contributed by atoms with E-state index >= 15 is 0 Å². The maximum absolute atomic E-state index is 13.4. The first-order chi connectivity index (χ1) is 7.06. The van der Waals surface area contributed by atoms with Crippen LogP contribution in [-0.2, 0) is 6.42 Å². The molecule has 0 saturated heterocycles. The first-order valence-corrected chi connectivity index (χ1v) is 4.93. The van der Waals surface area contributed by atoms with Gasteiger partial charge in [-0.15, -0.1) is 0 Å². The normalized spacial score (nSPS) is 12.5. The quantitative estimate of drug-likeness (QED) is 0.792. The Hall–Kier alpha value is -1.11. The van der Waals surface area contributed by atoms with E-state index in [-0.39, 0.29) is 11.9 Å². The summed E-state index contributed by atoms with van der Waals surface area (Å²) < 4.78 is 13.4. The van der Waals surface area contributed by atoms with Crippen LogP contribution in [0.25, 0.3) is 0 Å². The van der Waals surface area contributed by atoms with Gasteiger partial charge in [0.1, 0.15) is 11.9 Å². The van der Waals surface area contributed by atoms with Gasteiger partial charge >= 0.3 is 0 Å². The fraction of sp³-hybridized carbons (Fsp3) is 0.364. The summed E-state index contributed by atoms with van der Waals surface area (Å²) in [5, 5.41) is 9.25. The number of halogens is 2. The number of nitrogens with zero attached hydrogens (tertiary/aromatic N) is 2. The van der Waals surface area contributed by atoms with Crippen LogP contribution < -0.4 is 0 Å². The predicted octanol–water partition coefficient (Wildman–Crippen LogP) is 2.48. The van der Waals surface area contributed by atoms with Gasteiger partial charge in [0.2, 0.25) is 0 Å². The van der Waals surface area contributed by atoms with Gasteiger partial charge < -0.3 is 0 Å². The van der Waals surface area contributed by atoms with Crippen LogP contribution in [0, 0.1) is 17.1 Å². The SMILES string of the molecule is CN(C)C(C#N)Cc1c(F)cccc1Cl. The van der Waals surface area contributed by atoms with Gasteiger partial charge in [0.25, 0.3) is 0 Å². The third-order valence-corrected chi connectivity index (χ3v) is 2.59. The summed E-state index contributed by atoms with van der Waals surface area (Å²) in [5.41, 5.74) is 0.402. The van der Waals surface area contributed by atoms with E-state index in [0.717, 1.165) is 0 Å². The maximum Gasteiger partial charge on any atom is 0.127 e. The number of rotatable bonds is 3. The molecule has 0 aromatic heterocycles. The summed E-state index contributed by atoms with van der Waals surface area (Å²) in [6.45, 7) is 0. The second kappa shape index (κ2) is 5.11. The molecule has 0 amide bonds. The van der Waals surface area contributed by atoms with Crippen LogP contribution >= 0.6 is 11.6 Å². The molecular formula is C11H12ClFN2. The molecule has 4 heteroatoms. The highest BCUT2D eigenvalue weighted by molar-refractivity contribution is 6.31. The number of hydrogen-bond donors (Lipinski definition) is 0. The predicted molar refractivity (Wildman–Crippen MR) is 58.2 cm³/mol. The first-order valence-electron chi connectivity index (χ1n) is 4.55. The van der Waals surface area contributed by atoms with E-state index in [9.17, 15) is 4.39 Å². The minimum absolute atomic E-state index is 0.301. The Morgan fingerprint density at radius 2 is 2.20 bits per heavy atom. The molecule has 1 aromatic rings. The smallest absolute Gasteiger partial charge is 0.127 e. The van der Waals surface area contributed by atoms with Gasteiger partial charge in [0, 0.05) is 17.0 Å². The van der Waals surface area contributed by atoms with Crippen molar-refractivity contribution in [2.24, 2.45) is 0 Å². The lowest BCUT2D eigenvalue weighted by atomic mass is 10.1. The van der Waals surface area contributed by atoms with Crippen LogP contribution in [0.3, 0.4) is 0 Å². The molecule has 0 aliphatic rings. The fourth-order valence-electron chi connectivity index (χ4n) is 1.26. The zero-order valence-electron chi connectivity index (χ0n) is 8.67. The molecule has 0 radical (unpaired) electrons. The lowest BCUT2D eigenvalue weighted by Crippen LogP contribution is -2.28. The second-order valence-electron chi connectivity index (χ2n) is 3.51. The van der Waals surface area contributed by atoms with Crippen molar-refractivity contribution < 1.29 is 4.39 Å². The highest BCUT2D eigenvalue weighted by Crippen LogP contribution is 2.21. The Kier molecular flexibility index (Phi) is 4.07. The van der Waals surface area contributed by atoms with Crippen LogP contribution in [0.15, 0.2) is 18.2 Å². The van der Waals surface area contributed by atoms with Crippen LogP contribution in [0.4, 0.5) is 4.39 Å². The molecule has 0 saturated carbocycles. The van der Waals surface area contributed by atoms with Crippen LogP contribution in [0.2, 0.25) is 5.02 Å². The molecule has 1 aromatic carbocycles. The average Bonchev–Trinajstić information content (AvgIpc) is 2.17. The zero-order valence-corrected chi connectivity index (χ0v) is 9.42. The lowest BCUT2D eigenvalue weighted by Gasteiger charge is -2.17. The average molecular weight is 227 g/mol. The Labute approximate surface area is 93.9 Å². The van der Waals surface area contributed by atoms with E-state index in [1.54, 1.807) is 31.1 Å². The fourth-order valence-corrected chi connectivity index (χ4v) is 1.50. The number of nitriles is 1. The standard InChI is InChI=1S/C11H12ClFN2/c1-15(2)8(7-14)6-9-10(12)4-3-5-11(9)13/h3-5,8H,6H2,1-2H3. The van der Waals surface area contributed by atoms with E-state index in [1.807, 2.05) is 0 Å². The minimum Gasteiger partial charge on any atom is -0.294 e. The monoisotopic (exact) mass is 226 g/mol. The molecule has 1 rings (SSSR count). The van der Waals surface area contributed by atoms with E-state index in [0.29, 0.717) is 17.0 Å². The third kappa shape index (κ3) is 2.92. The molecule has 0 bridgehead atoms. The molecule has 0 N–H and O–H groups in total.